The Morgan fingerprint density at radius 3 is 2.68 bits per heavy atom. The fourth-order valence-electron chi connectivity index (χ4n) is 2.65. The van der Waals surface area contributed by atoms with Gasteiger partial charge >= 0.3 is 5.63 Å². The van der Waals surface area contributed by atoms with Gasteiger partial charge in [0.15, 0.2) is 6.29 Å². The lowest BCUT2D eigenvalue weighted by Gasteiger charge is -2.11. The molecule has 2 aromatic carbocycles. The van der Waals surface area contributed by atoms with Gasteiger partial charge in [-0.05, 0) is 36.2 Å². The normalized spacial score (nSPS) is 10.6. The van der Waals surface area contributed by atoms with Crippen molar-refractivity contribution in [2.45, 2.75) is 20.0 Å². The number of fused-ring (bicyclic) bond motifs is 1. The number of rotatable bonds is 6. The number of carbonyl (C=O) groups excluding carboxylic acids is 1. The molecule has 0 bridgehead atoms. The summed E-state index contributed by atoms with van der Waals surface area (Å²) in [7, 11) is 1.53. The van der Waals surface area contributed by atoms with Gasteiger partial charge in [0.2, 0.25) is 0 Å². The lowest BCUT2D eigenvalue weighted by atomic mass is 10.1. The van der Waals surface area contributed by atoms with Crippen molar-refractivity contribution in [1.82, 2.24) is 0 Å². The summed E-state index contributed by atoms with van der Waals surface area (Å²) in [6.07, 6.45) is 1.57. The van der Waals surface area contributed by atoms with Crippen molar-refractivity contribution in [2.24, 2.45) is 0 Å². The summed E-state index contributed by atoms with van der Waals surface area (Å²) in [5.74, 6) is 1.01. The Morgan fingerprint density at radius 2 is 1.96 bits per heavy atom. The highest BCUT2D eigenvalue weighted by atomic mass is 16.5. The van der Waals surface area contributed by atoms with Gasteiger partial charge in [0.25, 0.3) is 0 Å². The lowest BCUT2D eigenvalue weighted by molar-refractivity contribution is 0.111. The molecule has 0 N–H and O–H groups in total. The number of hydrogen-bond acceptors (Lipinski definition) is 5. The number of methoxy groups -OCH3 is 1. The molecule has 0 aliphatic heterocycles. The quantitative estimate of drug-likeness (QED) is 0.506. The Bertz CT molecular complexity index is 971. The van der Waals surface area contributed by atoms with Crippen LogP contribution in [0.4, 0.5) is 0 Å². The highest BCUT2D eigenvalue weighted by molar-refractivity contribution is 5.81. The van der Waals surface area contributed by atoms with E-state index in [1.54, 1.807) is 18.2 Å². The van der Waals surface area contributed by atoms with Crippen LogP contribution in [0.2, 0.25) is 0 Å². The molecule has 1 heterocycles. The van der Waals surface area contributed by atoms with E-state index in [4.69, 9.17) is 13.9 Å². The van der Waals surface area contributed by atoms with Crippen molar-refractivity contribution in [1.29, 1.82) is 0 Å². The number of benzene rings is 2. The van der Waals surface area contributed by atoms with Crippen LogP contribution >= 0.6 is 0 Å². The first kappa shape index (κ1) is 16.8. The third-order valence-corrected chi connectivity index (χ3v) is 4.03. The molecule has 3 rings (SSSR count). The molecule has 3 aromatic rings. The highest BCUT2D eigenvalue weighted by Crippen LogP contribution is 2.25. The molecule has 0 aliphatic rings. The van der Waals surface area contributed by atoms with E-state index >= 15 is 0 Å². The number of aryl methyl sites for hydroxylation is 1. The summed E-state index contributed by atoms with van der Waals surface area (Å²) in [5.41, 5.74) is 2.30. The summed E-state index contributed by atoms with van der Waals surface area (Å²) >= 11 is 0. The molecule has 0 atom stereocenters. The number of ether oxygens (including phenoxy) is 2. The first-order valence-corrected chi connectivity index (χ1v) is 7.96. The van der Waals surface area contributed by atoms with Crippen molar-refractivity contribution in [3.05, 3.63) is 69.6 Å². The second-order valence-electron chi connectivity index (χ2n) is 5.59. The van der Waals surface area contributed by atoms with Gasteiger partial charge in [0.1, 0.15) is 23.7 Å². The number of hydrogen-bond donors (Lipinski definition) is 0. The summed E-state index contributed by atoms with van der Waals surface area (Å²) in [5, 5.41) is 0.818. The summed E-state index contributed by atoms with van der Waals surface area (Å²) in [6, 6.07) is 12.2. The second kappa shape index (κ2) is 7.21. The van der Waals surface area contributed by atoms with E-state index in [1.165, 1.54) is 13.2 Å². The average molecular weight is 338 g/mol. The van der Waals surface area contributed by atoms with Gasteiger partial charge in [-0.3, -0.25) is 4.79 Å². The maximum absolute atomic E-state index is 11.8. The van der Waals surface area contributed by atoms with E-state index in [0.29, 0.717) is 34.5 Å². The predicted molar refractivity (Wildman–Crippen MR) is 94.6 cm³/mol. The first-order valence-electron chi connectivity index (χ1n) is 7.96. The molecule has 0 aliphatic carbocycles. The Balaban J connectivity index is 1.93. The molecule has 0 saturated carbocycles. The zero-order chi connectivity index (χ0) is 17.8. The van der Waals surface area contributed by atoms with Crippen LogP contribution in [0.15, 0.2) is 51.7 Å². The molecule has 5 heteroatoms. The van der Waals surface area contributed by atoms with Crippen molar-refractivity contribution in [3.8, 4) is 11.5 Å². The Kier molecular flexibility index (Phi) is 4.84. The molecular weight excluding hydrogens is 320 g/mol. The lowest BCUT2D eigenvalue weighted by Crippen LogP contribution is -2.05. The number of aldehydes is 1. The summed E-state index contributed by atoms with van der Waals surface area (Å²) < 4.78 is 16.2. The predicted octanol–water partition coefficient (Wildman–Crippen LogP) is 3.76. The minimum absolute atomic E-state index is 0.154. The maximum Gasteiger partial charge on any atom is 0.336 e. The van der Waals surface area contributed by atoms with E-state index in [-0.39, 0.29) is 6.61 Å². The van der Waals surface area contributed by atoms with Crippen molar-refractivity contribution >= 4 is 17.3 Å². The van der Waals surface area contributed by atoms with Gasteiger partial charge in [0, 0.05) is 17.0 Å². The molecule has 25 heavy (non-hydrogen) atoms. The Hall–Kier alpha value is -3.08. The van der Waals surface area contributed by atoms with Gasteiger partial charge in [-0.1, -0.05) is 19.1 Å². The topological polar surface area (TPSA) is 65.7 Å². The third kappa shape index (κ3) is 3.55. The monoisotopic (exact) mass is 338 g/mol. The Morgan fingerprint density at radius 1 is 1.12 bits per heavy atom. The van der Waals surface area contributed by atoms with Crippen LogP contribution in [0.5, 0.6) is 11.5 Å². The minimum Gasteiger partial charge on any atom is -0.497 e. The molecule has 0 spiro atoms. The molecule has 1 aromatic heterocycles. The van der Waals surface area contributed by atoms with Crippen LogP contribution in [0.25, 0.3) is 11.0 Å². The summed E-state index contributed by atoms with van der Waals surface area (Å²) in [4.78, 5) is 23.1. The molecule has 0 amide bonds. The van der Waals surface area contributed by atoms with Crippen LogP contribution in [0.3, 0.4) is 0 Å². The van der Waals surface area contributed by atoms with Gasteiger partial charge < -0.3 is 13.9 Å². The molecule has 0 radical (unpaired) electrons. The van der Waals surface area contributed by atoms with E-state index in [0.717, 1.165) is 17.4 Å². The third-order valence-electron chi connectivity index (χ3n) is 4.03. The van der Waals surface area contributed by atoms with Crippen molar-refractivity contribution < 1.29 is 18.7 Å². The van der Waals surface area contributed by atoms with E-state index in [1.807, 2.05) is 25.1 Å². The van der Waals surface area contributed by atoms with Crippen molar-refractivity contribution in [3.63, 3.8) is 0 Å². The SMILES string of the molecule is CCc1ccc2c(COc3ccc(OC)cc3C=O)cc(=O)oc2c1. The standard InChI is InChI=1S/C20H18O5/c1-3-13-4-6-17-15(10-20(22)25-19(17)8-13)12-24-18-7-5-16(23-2)9-14(18)11-21/h4-11H,3,12H2,1-2H3. The van der Waals surface area contributed by atoms with Gasteiger partial charge in [0.05, 0.1) is 12.7 Å². The fraction of sp³-hybridized carbons (Fsp3) is 0.200. The fourth-order valence-corrected chi connectivity index (χ4v) is 2.65. The molecule has 5 nitrogen and oxygen atoms in total. The minimum atomic E-state index is -0.426. The van der Waals surface area contributed by atoms with Gasteiger partial charge in [-0.15, -0.1) is 0 Å². The molecule has 0 saturated heterocycles. The average Bonchev–Trinajstić information content (AvgIpc) is 2.65. The molecule has 0 unspecified atom stereocenters. The molecular formula is C20H18O5. The van der Waals surface area contributed by atoms with Gasteiger partial charge in [-0.25, -0.2) is 4.79 Å². The highest BCUT2D eigenvalue weighted by Gasteiger charge is 2.10. The number of carbonyl (C=O) groups is 1. The van der Waals surface area contributed by atoms with Gasteiger partial charge in [-0.2, -0.15) is 0 Å². The Labute approximate surface area is 144 Å². The maximum atomic E-state index is 11.8. The van der Waals surface area contributed by atoms with Crippen LogP contribution < -0.4 is 15.1 Å². The van der Waals surface area contributed by atoms with Crippen LogP contribution in [0, 0.1) is 0 Å². The van der Waals surface area contributed by atoms with Crippen LogP contribution in [0.1, 0.15) is 28.4 Å². The van der Waals surface area contributed by atoms with E-state index in [2.05, 4.69) is 0 Å². The smallest absolute Gasteiger partial charge is 0.336 e. The summed E-state index contributed by atoms with van der Waals surface area (Å²) in [6.45, 7) is 2.19. The second-order valence-corrected chi connectivity index (χ2v) is 5.59. The molecule has 128 valence electrons. The molecule has 0 fully saturated rings. The first-order chi connectivity index (χ1) is 12.1. The van der Waals surface area contributed by atoms with Crippen LogP contribution in [-0.2, 0) is 13.0 Å². The largest absolute Gasteiger partial charge is 0.497 e. The van der Waals surface area contributed by atoms with E-state index in [9.17, 15) is 9.59 Å². The van der Waals surface area contributed by atoms with Crippen molar-refractivity contribution in [2.75, 3.05) is 7.11 Å². The van der Waals surface area contributed by atoms with E-state index < -0.39 is 5.63 Å². The van der Waals surface area contributed by atoms with Crippen LogP contribution in [-0.4, -0.2) is 13.4 Å². The zero-order valence-electron chi connectivity index (χ0n) is 14.1. The zero-order valence-corrected chi connectivity index (χ0v) is 14.1.